The van der Waals surface area contributed by atoms with Crippen LogP contribution in [0.5, 0.6) is 0 Å². The molecule has 0 aliphatic carbocycles. The molecule has 2 rings (SSSR count). The molecule has 1 aliphatic heterocycles. The lowest BCUT2D eigenvalue weighted by Gasteiger charge is -2.40. The number of benzene rings is 1. The molecule has 3 nitrogen and oxygen atoms in total. The zero-order chi connectivity index (χ0) is 14.5. The average molecular weight is 340 g/mol. The Labute approximate surface area is 131 Å². The van der Waals surface area contributed by atoms with Crippen molar-refractivity contribution in [2.75, 3.05) is 38.1 Å². The highest BCUT2D eigenvalue weighted by Crippen LogP contribution is 2.29. The van der Waals surface area contributed by atoms with E-state index in [2.05, 4.69) is 70.1 Å². The van der Waals surface area contributed by atoms with Crippen molar-refractivity contribution in [1.82, 2.24) is 10.2 Å². The Bertz CT molecular complexity index is 436. The lowest BCUT2D eigenvalue weighted by Crippen LogP contribution is -2.51. The molecule has 0 radical (unpaired) electrons. The number of nitrogens with one attached hydrogen (secondary N) is 1. The second-order valence-electron chi connectivity index (χ2n) is 5.55. The first kappa shape index (κ1) is 15.8. The zero-order valence-electron chi connectivity index (χ0n) is 12.8. The summed E-state index contributed by atoms with van der Waals surface area (Å²) in [7, 11) is 2.24. The minimum atomic E-state index is 0.664. The van der Waals surface area contributed by atoms with Crippen LogP contribution < -0.4 is 10.2 Å². The predicted octanol–water partition coefficient (Wildman–Crippen LogP) is 3.09. The summed E-state index contributed by atoms with van der Waals surface area (Å²) in [4.78, 5) is 4.99. The molecule has 1 N–H and O–H groups in total. The topological polar surface area (TPSA) is 18.5 Å². The molecule has 20 heavy (non-hydrogen) atoms. The van der Waals surface area contributed by atoms with Crippen LogP contribution in [0.3, 0.4) is 0 Å². The van der Waals surface area contributed by atoms with Crippen LogP contribution in [0, 0.1) is 0 Å². The quantitative estimate of drug-likeness (QED) is 0.889. The first-order chi connectivity index (χ1) is 9.65. The number of likely N-dealkylation sites (N-methyl/N-ethyl adjacent to an activating group) is 1. The zero-order valence-corrected chi connectivity index (χ0v) is 14.4. The van der Waals surface area contributed by atoms with Crippen molar-refractivity contribution in [3.63, 3.8) is 0 Å². The summed E-state index contributed by atoms with van der Waals surface area (Å²) in [5.74, 6) is 0. The second kappa shape index (κ2) is 7.43. The molecule has 1 aliphatic rings. The second-order valence-corrected chi connectivity index (χ2v) is 6.41. The van der Waals surface area contributed by atoms with Crippen molar-refractivity contribution in [2.45, 2.75) is 32.9 Å². The molecule has 1 heterocycles. The van der Waals surface area contributed by atoms with E-state index in [0.717, 1.165) is 32.7 Å². The SMILES string of the molecule is CCNCc1ccc(N2CCN(C)C(CC)C2)c(Br)c1. The van der Waals surface area contributed by atoms with E-state index in [-0.39, 0.29) is 0 Å². The molecule has 1 aromatic rings. The van der Waals surface area contributed by atoms with E-state index in [9.17, 15) is 0 Å². The summed E-state index contributed by atoms with van der Waals surface area (Å²) in [6.45, 7) is 9.74. The summed E-state index contributed by atoms with van der Waals surface area (Å²) >= 11 is 3.75. The van der Waals surface area contributed by atoms with E-state index in [4.69, 9.17) is 0 Å². The molecule has 1 unspecified atom stereocenters. The Balaban J connectivity index is 2.08. The molecule has 0 saturated carbocycles. The van der Waals surface area contributed by atoms with E-state index in [1.165, 1.54) is 22.1 Å². The Morgan fingerprint density at radius 3 is 2.75 bits per heavy atom. The van der Waals surface area contributed by atoms with E-state index in [1.807, 2.05) is 0 Å². The maximum Gasteiger partial charge on any atom is 0.0511 e. The van der Waals surface area contributed by atoms with Gasteiger partial charge in [0, 0.05) is 36.7 Å². The summed E-state index contributed by atoms with van der Waals surface area (Å²) in [6.07, 6.45) is 1.21. The molecule has 1 atom stereocenters. The fraction of sp³-hybridized carbons (Fsp3) is 0.625. The highest BCUT2D eigenvalue weighted by Gasteiger charge is 2.23. The fourth-order valence-corrected chi connectivity index (χ4v) is 3.47. The van der Waals surface area contributed by atoms with E-state index in [1.54, 1.807) is 0 Å². The molecule has 112 valence electrons. The number of hydrogen-bond acceptors (Lipinski definition) is 3. The first-order valence-electron chi connectivity index (χ1n) is 7.60. The van der Waals surface area contributed by atoms with Gasteiger partial charge in [0.2, 0.25) is 0 Å². The Kier molecular flexibility index (Phi) is 5.87. The van der Waals surface area contributed by atoms with Gasteiger partial charge < -0.3 is 10.2 Å². The molecule has 4 heteroatoms. The van der Waals surface area contributed by atoms with E-state index >= 15 is 0 Å². The van der Waals surface area contributed by atoms with Crippen LogP contribution in [0.25, 0.3) is 0 Å². The standard InChI is InChI=1S/C16H26BrN3/c1-4-14-12-20(9-8-19(14)3)16-7-6-13(10-15(16)17)11-18-5-2/h6-7,10,14,18H,4-5,8-9,11-12H2,1-3H3. The van der Waals surface area contributed by atoms with Crippen molar-refractivity contribution in [1.29, 1.82) is 0 Å². The molecule has 1 fully saturated rings. The van der Waals surface area contributed by atoms with Gasteiger partial charge >= 0.3 is 0 Å². The van der Waals surface area contributed by atoms with Gasteiger partial charge in [-0.1, -0.05) is 19.9 Å². The van der Waals surface area contributed by atoms with Crippen molar-refractivity contribution in [2.24, 2.45) is 0 Å². The Morgan fingerprint density at radius 2 is 2.10 bits per heavy atom. The van der Waals surface area contributed by atoms with Crippen LogP contribution >= 0.6 is 15.9 Å². The van der Waals surface area contributed by atoms with Crippen LogP contribution in [-0.2, 0) is 6.54 Å². The van der Waals surface area contributed by atoms with E-state index in [0.29, 0.717) is 6.04 Å². The number of hydrogen-bond donors (Lipinski definition) is 1. The third-order valence-corrected chi connectivity index (χ3v) is 4.82. The van der Waals surface area contributed by atoms with Crippen LogP contribution in [-0.4, -0.2) is 44.2 Å². The average Bonchev–Trinajstić information content (AvgIpc) is 2.46. The van der Waals surface area contributed by atoms with Gasteiger partial charge in [0.1, 0.15) is 0 Å². The Morgan fingerprint density at radius 1 is 1.30 bits per heavy atom. The first-order valence-corrected chi connectivity index (χ1v) is 8.39. The van der Waals surface area contributed by atoms with Gasteiger partial charge in [0.05, 0.1) is 5.69 Å². The fourth-order valence-electron chi connectivity index (χ4n) is 2.79. The van der Waals surface area contributed by atoms with E-state index < -0.39 is 0 Å². The van der Waals surface area contributed by atoms with Crippen LogP contribution in [0.15, 0.2) is 22.7 Å². The van der Waals surface area contributed by atoms with Gasteiger partial charge in [0.25, 0.3) is 0 Å². The molecule has 1 aromatic carbocycles. The molecule has 0 amide bonds. The predicted molar refractivity (Wildman–Crippen MR) is 90.4 cm³/mol. The monoisotopic (exact) mass is 339 g/mol. The maximum absolute atomic E-state index is 3.75. The summed E-state index contributed by atoms with van der Waals surface area (Å²) in [5.41, 5.74) is 2.67. The minimum absolute atomic E-state index is 0.664. The van der Waals surface area contributed by atoms with Crippen molar-refractivity contribution in [3.05, 3.63) is 28.2 Å². The minimum Gasteiger partial charge on any atom is -0.368 e. The van der Waals surface area contributed by atoms with Gasteiger partial charge in [0.15, 0.2) is 0 Å². The van der Waals surface area contributed by atoms with Gasteiger partial charge in [-0.05, 0) is 53.6 Å². The lowest BCUT2D eigenvalue weighted by atomic mass is 10.1. The summed E-state index contributed by atoms with van der Waals surface area (Å²) in [5, 5.41) is 3.37. The number of nitrogens with zero attached hydrogens (tertiary/aromatic N) is 2. The highest BCUT2D eigenvalue weighted by molar-refractivity contribution is 9.10. The summed E-state index contributed by atoms with van der Waals surface area (Å²) < 4.78 is 1.22. The highest BCUT2D eigenvalue weighted by atomic mass is 79.9. The van der Waals surface area contributed by atoms with Gasteiger partial charge in [-0.15, -0.1) is 0 Å². The van der Waals surface area contributed by atoms with Crippen molar-refractivity contribution >= 4 is 21.6 Å². The van der Waals surface area contributed by atoms with Crippen LogP contribution in [0.4, 0.5) is 5.69 Å². The number of halogens is 1. The molecule has 0 bridgehead atoms. The number of rotatable bonds is 5. The lowest BCUT2D eigenvalue weighted by molar-refractivity contribution is 0.213. The molecule has 1 saturated heterocycles. The molecular weight excluding hydrogens is 314 g/mol. The van der Waals surface area contributed by atoms with Crippen LogP contribution in [0.1, 0.15) is 25.8 Å². The van der Waals surface area contributed by atoms with Crippen LogP contribution in [0.2, 0.25) is 0 Å². The van der Waals surface area contributed by atoms with Gasteiger partial charge in [-0.25, -0.2) is 0 Å². The van der Waals surface area contributed by atoms with Gasteiger partial charge in [-0.3, -0.25) is 4.90 Å². The Hall–Kier alpha value is -0.580. The van der Waals surface area contributed by atoms with Crippen molar-refractivity contribution < 1.29 is 0 Å². The largest absolute Gasteiger partial charge is 0.368 e. The third kappa shape index (κ3) is 3.74. The summed E-state index contributed by atoms with van der Waals surface area (Å²) in [6, 6.07) is 7.41. The third-order valence-electron chi connectivity index (χ3n) is 4.18. The van der Waals surface area contributed by atoms with Crippen molar-refractivity contribution in [3.8, 4) is 0 Å². The molecule has 0 aromatic heterocycles. The maximum atomic E-state index is 3.75. The normalized spacial score (nSPS) is 20.4. The smallest absolute Gasteiger partial charge is 0.0511 e. The number of anilines is 1. The molecular formula is C16H26BrN3. The molecule has 0 spiro atoms. The van der Waals surface area contributed by atoms with Gasteiger partial charge in [-0.2, -0.15) is 0 Å². The number of piperazine rings is 1.